The minimum absolute atomic E-state index is 0.770. The maximum absolute atomic E-state index is 3.73. The van der Waals surface area contributed by atoms with Crippen LogP contribution in [0.4, 0.5) is 0 Å². The third-order valence-corrected chi connectivity index (χ3v) is 3.88. The number of nitrogens with one attached hydrogen (secondary N) is 1. The van der Waals surface area contributed by atoms with Crippen LogP contribution < -0.4 is 5.32 Å². The van der Waals surface area contributed by atoms with Crippen LogP contribution in [0.5, 0.6) is 0 Å². The summed E-state index contributed by atoms with van der Waals surface area (Å²) in [7, 11) is 0. The molecule has 0 aromatic carbocycles. The molecule has 2 nitrogen and oxygen atoms in total. The van der Waals surface area contributed by atoms with Crippen molar-refractivity contribution in [2.75, 3.05) is 19.6 Å². The molecule has 1 aliphatic rings. The van der Waals surface area contributed by atoms with E-state index in [1.807, 2.05) is 0 Å². The molecule has 0 aromatic heterocycles. The second-order valence-electron chi connectivity index (χ2n) is 5.21. The average Bonchev–Trinajstić information content (AvgIpc) is 2.29. The first-order chi connectivity index (χ1) is 7.77. The van der Waals surface area contributed by atoms with Gasteiger partial charge in [0.2, 0.25) is 0 Å². The first-order valence-corrected chi connectivity index (χ1v) is 7.25. The summed E-state index contributed by atoms with van der Waals surface area (Å²) in [5, 5.41) is 3.73. The third-order valence-electron chi connectivity index (χ3n) is 3.88. The van der Waals surface area contributed by atoms with E-state index in [0.29, 0.717) is 0 Å². The van der Waals surface area contributed by atoms with E-state index in [-0.39, 0.29) is 0 Å². The first-order valence-electron chi connectivity index (χ1n) is 7.25. The largest absolute Gasteiger partial charge is 0.314 e. The van der Waals surface area contributed by atoms with Gasteiger partial charge in [-0.3, -0.25) is 0 Å². The third kappa shape index (κ3) is 4.84. The van der Waals surface area contributed by atoms with E-state index in [1.54, 1.807) is 0 Å². The fraction of sp³-hybridized carbons (Fsp3) is 1.00. The summed E-state index contributed by atoms with van der Waals surface area (Å²) in [6.07, 6.45) is 8.16. The molecule has 0 saturated carbocycles. The number of rotatable bonds is 7. The molecule has 16 heavy (non-hydrogen) atoms. The van der Waals surface area contributed by atoms with Gasteiger partial charge >= 0.3 is 0 Å². The number of likely N-dealkylation sites (tertiary alicyclic amines) is 1. The molecule has 1 heterocycles. The Morgan fingerprint density at radius 1 is 1.19 bits per heavy atom. The molecule has 2 heteroatoms. The average molecular weight is 226 g/mol. The molecule has 0 spiro atoms. The maximum Gasteiger partial charge on any atom is 0.00940 e. The molecular formula is C14H30N2. The van der Waals surface area contributed by atoms with Crippen molar-refractivity contribution in [3.05, 3.63) is 0 Å². The van der Waals surface area contributed by atoms with Gasteiger partial charge in [-0.1, -0.05) is 33.1 Å². The van der Waals surface area contributed by atoms with Crippen LogP contribution in [-0.4, -0.2) is 36.6 Å². The van der Waals surface area contributed by atoms with E-state index in [2.05, 4.69) is 31.0 Å². The quantitative estimate of drug-likeness (QED) is 0.671. The fourth-order valence-electron chi connectivity index (χ4n) is 2.73. The summed E-state index contributed by atoms with van der Waals surface area (Å²) in [5.41, 5.74) is 0. The van der Waals surface area contributed by atoms with Crippen molar-refractivity contribution in [3.8, 4) is 0 Å². The molecule has 2 atom stereocenters. The van der Waals surface area contributed by atoms with Gasteiger partial charge in [-0.2, -0.15) is 0 Å². The molecule has 96 valence electrons. The zero-order valence-electron chi connectivity index (χ0n) is 11.5. The summed E-state index contributed by atoms with van der Waals surface area (Å²) < 4.78 is 0. The van der Waals surface area contributed by atoms with Crippen LogP contribution in [0.3, 0.4) is 0 Å². The summed E-state index contributed by atoms with van der Waals surface area (Å²) in [6.45, 7) is 10.6. The molecule has 1 fully saturated rings. The molecule has 0 bridgehead atoms. The van der Waals surface area contributed by atoms with E-state index in [9.17, 15) is 0 Å². The first kappa shape index (κ1) is 14.0. The number of nitrogens with zero attached hydrogens (tertiary/aromatic N) is 1. The zero-order valence-corrected chi connectivity index (χ0v) is 11.5. The minimum atomic E-state index is 0.770. The lowest BCUT2D eigenvalue weighted by Gasteiger charge is -2.37. The lowest BCUT2D eigenvalue weighted by Crippen LogP contribution is -2.47. The Bertz CT molecular complexity index is 170. The highest BCUT2D eigenvalue weighted by molar-refractivity contribution is 4.82. The van der Waals surface area contributed by atoms with Crippen molar-refractivity contribution in [2.45, 2.75) is 71.4 Å². The number of hydrogen-bond donors (Lipinski definition) is 1. The van der Waals surface area contributed by atoms with Gasteiger partial charge < -0.3 is 10.2 Å². The molecule has 0 aliphatic carbocycles. The maximum atomic E-state index is 3.73. The Balaban J connectivity index is 2.06. The highest BCUT2D eigenvalue weighted by Gasteiger charge is 2.23. The topological polar surface area (TPSA) is 15.3 Å². The zero-order chi connectivity index (χ0) is 11.8. The van der Waals surface area contributed by atoms with Gasteiger partial charge in [-0.15, -0.1) is 0 Å². The van der Waals surface area contributed by atoms with E-state index in [0.717, 1.165) is 12.1 Å². The van der Waals surface area contributed by atoms with Crippen LogP contribution in [0.25, 0.3) is 0 Å². The van der Waals surface area contributed by atoms with Gasteiger partial charge in [0.25, 0.3) is 0 Å². The molecule has 0 amide bonds. The Labute approximate surface area is 102 Å². The van der Waals surface area contributed by atoms with Crippen molar-refractivity contribution in [2.24, 2.45) is 0 Å². The monoisotopic (exact) mass is 226 g/mol. The van der Waals surface area contributed by atoms with Gasteiger partial charge in [0.1, 0.15) is 0 Å². The Kier molecular flexibility index (Phi) is 7.06. The number of hydrogen-bond acceptors (Lipinski definition) is 2. The van der Waals surface area contributed by atoms with Crippen molar-refractivity contribution in [1.29, 1.82) is 0 Å². The summed E-state index contributed by atoms with van der Waals surface area (Å²) in [6, 6.07) is 1.55. The van der Waals surface area contributed by atoms with Gasteiger partial charge in [0.05, 0.1) is 0 Å². The summed E-state index contributed by atoms with van der Waals surface area (Å²) in [4.78, 5) is 2.59. The second-order valence-corrected chi connectivity index (χ2v) is 5.21. The number of piperidine rings is 1. The molecule has 1 aliphatic heterocycles. The normalized spacial score (nSPS) is 27.2. The van der Waals surface area contributed by atoms with Crippen LogP contribution in [0.15, 0.2) is 0 Å². The van der Waals surface area contributed by atoms with Crippen molar-refractivity contribution in [3.63, 3.8) is 0 Å². The molecule has 1 N–H and O–H groups in total. The predicted molar refractivity (Wildman–Crippen MR) is 71.9 cm³/mol. The highest BCUT2D eigenvalue weighted by atomic mass is 15.2. The van der Waals surface area contributed by atoms with Crippen molar-refractivity contribution in [1.82, 2.24) is 10.2 Å². The van der Waals surface area contributed by atoms with E-state index in [1.165, 1.54) is 58.2 Å². The fourth-order valence-corrected chi connectivity index (χ4v) is 2.73. The van der Waals surface area contributed by atoms with Gasteiger partial charge in [-0.05, 0) is 45.8 Å². The van der Waals surface area contributed by atoms with E-state index < -0.39 is 0 Å². The minimum Gasteiger partial charge on any atom is -0.314 e. The molecule has 0 radical (unpaired) electrons. The molecule has 1 rings (SSSR count). The number of unbranched alkanes of at least 4 members (excludes halogenated alkanes) is 3. The lowest BCUT2D eigenvalue weighted by molar-refractivity contribution is 0.143. The van der Waals surface area contributed by atoms with Gasteiger partial charge in [0, 0.05) is 12.1 Å². The van der Waals surface area contributed by atoms with Gasteiger partial charge in [0.15, 0.2) is 0 Å². The van der Waals surface area contributed by atoms with Crippen LogP contribution in [0.1, 0.15) is 59.3 Å². The summed E-state index contributed by atoms with van der Waals surface area (Å²) >= 11 is 0. The Morgan fingerprint density at radius 3 is 2.62 bits per heavy atom. The molecule has 1 saturated heterocycles. The Hall–Kier alpha value is -0.0800. The predicted octanol–water partition coefficient (Wildman–Crippen LogP) is 3.03. The summed E-state index contributed by atoms with van der Waals surface area (Å²) in [5.74, 6) is 0. The van der Waals surface area contributed by atoms with Crippen molar-refractivity contribution < 1.29 is 0 Å². The Morgan fingerprint density at radius 2 is 2.00 bits per heavy atom. The van der Waals surface area contributed by atoms with E-state index in [4.69, 9.17) is 0 Å². The molecule has 0 aromatic rings. The van der Waals surface area contributed by atoms with Crippen LogP contribution >= 0.6 is 0 Å². The molecular weight excluding hydrogens is 196 g/mol. The highest BCUT2D eigenvalue weighted by Crippen LogP contribution is 2.16. The molecule has 2 unspecified atom stereocenters. The second kappa shape index (κ2) is 8.08. The van der Waals surface area contributed by atoms with E-state index >= 15 is 0 Å². The van der Waals surface area contributed by atoms with Crippen LogP contribution in [-0.2, 0) is 0 Å². The van der Waals surface area contributed by atoms with Gasteiger partial charge in [-0.25, -0.2) is 0 Å². The van der Waals surface area contributed by atoms with Crippen molar-refractivity contribution >= 4 is 0 Å². The lowest BCUT2D eigenvalue weighted by atomic mass is 9.98. The SMILES string of the molecule is CCCCCCNC1CCN(CC)C(C)C1. The van der Waals surface area contributed by atoms with Crippen LogP contribution in [0, 0.1) is 0 Å². The smallest absolute Gasteiger partial charge is 0.00940 e. The van der Waals surface area contributed by atoms with Crippen LogP contribution in [0.2, 0.25) is 0 Å². The standard InChI is InChI=1S/C14H30N2/c1-4-6-7-8-10-15-14-9-11-16(5-2)13(3)12-14/h13-15H,4-12H2,1-3H3.